The Labute approximate surface area is 128 Å². The van der Waals surface area contributed by atoms with E-state index in [-0.39, 0.29) is 23.7 Å². The number of rotatable bonds is 4. The SMILES string of the molecule is CC(C)C[C@H](N)C(=O)Nc1ccccc1C(C)(C)C.Cl. The molecule has 0 radical (unpaired) electrons. The van der Waals surface area contributed by atoms with Crippen LogP contribution in [0.4, 0.5) is 5.69 Å². The van der Waals surface area contributed by atoms with Gasteiger partial charge in [-0.3, -0.25) is 4.79 Å². The van der Waals surface area contributed by atoms with Crippen molar-refractivity contribution >= 4 is 24.0 Å². The van der Waals surface area contributed by atoms with Crippen molar-refractivity contribution in [1.82, 2.24) is 0 Å². The maximum Gasteiger partial charge on any atom is 0.241 e. The summed E-state index contributed by atoms with van der Waals surface area (Å²) in [5.41, 5.74) is 7.89. The van der Waals surface area contributed by atoms with Crippen molar-refractivity contribution in [2.24, 2.45) is 11.7 Å². The van der Waals surface area contributed by atoms with Gasteiger partial charge in [-0.1, -0.05) is 52.8 Å². The van der Waals surface area contributed by atoms with Gasteiger partial charge in [-0.05, 0) is 29.4 Å². The van der Waals surface area contributed by atoms with Gasteiger partial charge in [-0.2, -0.15) is 0 Å². The van der Waals surface area contributed by atoms with E-state index >= 15 is 0 Å². The van der Waals surface area contributed by atoms with Crippen molar-refractivity contribution in [1.29, 1.82) is 0 Å². The van der Waals surface area contributed by atoms with E-state index in [1.54, 1.807) is 0 Å². The summed E-state index contributed by atoms with van der Waals surface area (Å²) in [5.74, 6) is 0.309. The monoisotopic (exact) mass is 298 g/mol. The van der Waals surface area contributed by atoms with Crippen LogP contribution < -0.4 is 11.1 Å². The maximum atomic E-state index is 12.1. The highest BCUT2D eigenvalue weighted by atomic mass is 35.5. The quantitative estimate of drug-likeness (QED) is 0.890. The van der Waals surface area contributed by atoms with E-state index in [9.17, 15) is 4.79 Å². The summed E-state index contributed by atoms with van der Waals surface area (Å²) in [6.45, 7) is 10.5. The molecule has 0 saturated carbocycles. The molecule has 0 spiro atoms. The van der Waals surface area contributed by atoms with Crippen LogP contribution in [0.5, 0.6) is 0 Å². The molecule has 1 aromatic rings. The van der Waals surface area contributed by atoms with Crippen LogP contribution in [0.15, 0.2) is 24.3 Å². The number of nitrogens with two attached hydrogens (primary N) is 1. The fourth-order valence-corrected chi connectivity index (χ4v) is 2.09. The average Bonchev–Trinajstić information content (AvgIpc) is 2.27. The van der Waals surface area contributed by atoms with Crippen LogP contribution >= 0.6 is 12.4 Å². The second-order valence-corrected chi connectivity index (χ2v) is 6.52. The van der Waals surface area contributed by atoms with E-state index in [0.717, 1.165) is 11.3 Å². The van der Waals surface area contributed by atoms with Gasteiger partial charge in [0.2, 0.25) is 5.91 Å². The number of nitrogens with one attached hydrogen (secondary N) is 1. The molecule has 0 heterocycles. The Hall–Kier alpha value is -1.06. The van der Waals surface area contributed by atoms with E-state index in [1.165, 1.54) is 0 Å². The minimum Gasteiger partial charge on any atom is -0.324 e. The lowest BCUT2D eigenvalue weighted by molar-refractivity contribution is -0.117. The predicted octanol–water partition coefficient (Wildman–Crippen LogP) is 3.72. The maximum absolute atomic E-state index is 12.1. The van der Waals surface area contributed by atoms with E-state index < -0.39 is 6.04 Å². The molecule has 4 heteroatoms. The zero-order chi connectivity index (χ0) is 14.6. The number of hydrogen-bond acceptors (Lipinski definition) is 2. The average molecular weight is 299 g/mol. The number of halogens is 1. The summed E-state index contributed by atoms with van der Waals surface area (Å²) in [5, 5.41) is 2.96. The molecule has 0 fully saturated rings. The first-order valence-electron chi connectivity index (χ1n) is 6.87. The molecule has 3 nitrogen and oxygen atoms in total. The number of carbonyl (C=O) groups excluding carboxylic acids is 1. The number of anilines is 1. The number of amides is 1. The molecule has 1 amide bonds. The Morgan fingerprint density at radius 1 is 1.25 bits per heavy atom. The second-order valence-electron chi connectivity index (χ2n) is 6.52. The summed E-state index contributed by atoms with van der Waals surface area (Å²) in [6.07, 6.45) is 0.698. The summed E-state index contributed by atoms with van der Waals surface area (Å²) < 4.78 is 0. The van der Waals surface area contributed by atoms with Crippen molar-refractivity contribution in [3.8, 4) is 0 Å². The topological polar surface area (TPSA) is 55.1 Å². The van der Waals surface area contributed by atoms with Crippen LogP contribution in [-0.2, 0) is 10.2 Å². The molecule has 0 aromatic heterocycles. The first kappa shape index (κ1) is 18.9. The number of benzene rings is 1. The third-order valence-electron chi connectivity index (χ3n) is 3.06. The molecule has 0 aliphatic heterocycles. The lowest BCUT2D eigenvalue weighted by Crippen LogP contribution is -2.37. The van der Waals surface area contributed by atoms with Crippen LogP contribution in [0.25, 0.3) is 0 Å². The Morgan fingerprint density at radius 2 is 1.80 bits per heavy atom. The molecule has 20 heavy (non-hydrogen) atoms. The van der Waals surface area contributed by atoms with Crippen LogP contribution in [0.3, 0.4) is 0 Å². The zero-order valence-electron chi connectivity index (χ0n) is 13.1. The third-order valence-corrected chi connectivity index (χ3v) is 3.06. The van der Waals surface area contributed by atoms with Gasteiger partial charge in [0.1, 0.15) is 0 Å². The van der Waals surface area contributed by atoms with Crippen molar-refractivity contribution < 1.29 is 4.79 Å². The van der Waals surface area contributed by atoms with Crippen LogP contribution in [0.1, 0.15) is 46.6 Å². The van der Waals surface area contributed by atoms with Crippen LogP contribution in [0, 0.1) is 5.92 Å². The number of hydrogen-bond donors (Lipinski definition) is 2. The van der Waals surface area contributed by atoms with Crippen molar-refractivity contribution in [3.05, 3.63) is 29.8 Å². The number of para-hydroxylation sites is 1. The van der Waals surface area contributed by atoms with Crippen molar-refractivity contribution in [2.75, 3.05) is 5.32 Å². The fraction of sp³-hybridized carbons (Fsp3) is 0.562. The molecule has 114 valence electrons. The molecule has 1 atom stereocenters. The lowest BCUT2D eigenvalue weighted by atomic mass is 9.85. The highest BCUT2D eigenvalue weighted by Gasteiger charge is 2.20. The predicted molar refractivity (Wildman–Crippen MR) is 88.5 cm³/mol. The van der Waals surface area contributed by atoms with Crippen molar-refractivity contribution in [2.45, 2.75) is 52.5 Å². The molecule has 0 bridgehead atoms. The Bertz CT molecular complexity index is 438. The molecule has 0 aliphatic carbocycles. The molecule has 0 unspecified atom stereocenters. The summed E-state index contributed by atoms with van der Waals surface area (Å²) in [7, 11) is 0. The molecular weight excluding hydrogens is 272 g/mol. The zero-order valence-corrected chi connectivity index (χ0v) is 13.9. The molecule has 0 saturated heterocycles. The van der Waals surface area contributed by atoms with Gasteiger partial charge < -0.3 is 11.1 Å². The van der Waals surface area contributed by atoms with Gasteiger partial charge in [0.15, 0.2) is 0 Å². The van der Waals surface area contributed by atoms with Crippen molar-refractivity contribution in [3.63, 3.8) is 0 Å². The molecule has 1 rings (SSSR count). The van der Waals surface area contributed by atoms with Crippen LogP contribution in [-0.4, -0.2) is 11.9 Å². The minimum absolute atomic E-state index is 0. The van der Waals surface area contributed by atoms with Gasteiger partial charge in [0.25, 0.3) is 0 Å². The van der Waals surface area contributed by atoms with E-state index in [1.807, 2.05) is 24.3 Å². The largest absolute Gasteiger partial charge is 0.324 e. The van der Waals surface area contributed by atoms with Gasteiger partial charge in [-0.25, -0.2) is 0 Å². The lowest BCUT2D eigenvalue weighted by Gasteiger charge is -2.24. The standard InChI is InChI=1S/C16H26N2O.ClH/c1-11(2)10-13(17)15(19)18-14-9-7-6-8-12(14)16(3,4)5;/h6-9,11,13H,10,17H2,1-5H3,(H,18,19);1H/t13-;/m0./s1. The van der Waals surface area contributed by atoms with E-state index in [0.29, 0.717) is 12.3 Å². The van der Waals surface area contributed by atoms with Gasteiger partial charge in [0.05, 0.1) is 6.04 Å². The van der Waals surface area contributed by atoms with Crippen LogP contribution in [0.2, 0.25) is 0 Å². The first-order valence-corrected chi connectivity index (χ1v) is 6.87. The minimum atomic E-state index is -0.451. The highest BCUT2D eigenvalue weighted by molar-refractivity contribution is 5.95. The van der Waals surface area contributed by atoms with Gasteiger partial charge in [0, 0.05) is 5.69 Å². The molecular formula is C16H27ClN2O. The van der Waals surface area contributed by atoms with E-state index in [2.05, 4.69) is 39.9 Å². The first-order chi connectivity index (χ1) is 8.71. The number of carbonyl (C=O) groups is 1. The molecule has 3 N–H and O–H groups in total. The fourth-order valence-electron chi connectivity index (χ4n) is 2.09. The Morgan fingerprint density at radius 3 is 2.30 bits per heavy atom. The third kappa shape index (κ3) is 5.51. The summed E-state index contributed by atoms with van der Waals surface area (Å²) in [6, 6.07) is 7.45. The van der Waals surface area contributed by atoms with Gasteiger partial charge >= 0.3 is 0 Å². The normalized spacial score (nSPS) is 12.8. The molecule has 0 aliphatic rings. The Kier molecular flexibility index (Phi) is 7.25. The smallest absolute Gasteiger partial charge is 0.241 e. The molecule has 1 aromatic carbocycles. The van der Waals surface area contributed by atoms with E-state index in [4.69, 9.17) is 5.73 Å². The Balaban J connectivity index is 0.00000361. The summed E-state index contributed by atoms with van der Waals surface area (Å²) >= 11 is 0. The van der Waals surface area contributed by atoms with Gasteiger partial charge in [-0.15, -0.1) is 12.4 Å². The summed E-state index contributed by atoms with van der Waals surface area (Å²) in [4.78, 5) is 12.1. The highest BCUT2D eigenvalue weighted by Crippen LogP contribution is 2.29. The second kappa shape index (κ2) is 7.65.